The molecule has 3 aromatic rings. The van der Waals surface area contributed by atoms with Crippen molar-refractivity contribution < 1.29 is 5.11 Å². The van der Waals surface area contributed by atoms with Crippen molar-refractivity contribution in [3.8, 4) is 5.75 Å². The second kappa shape index (κ2) is 5.21. The van der Waals surface area contributed by atoms with Crippen LogP contribution in [0, 0.1) is 0 Å². The summed E-state index contributed by atoms with van der Waals surface area (Å²) in [6.07, 6.45) is 4.72. The van der Waals surface area contributed by atoms with Gasteiger partial charge in [0.1, 0.15) is 0 Å². The third kappa shape index (κ3) is 2.50. The average molecular weight is 347 g/mol. The third-order valence-electron chi connectivity index (χ3n) is 3.24. The van der Waals surface area contributed by atoms with Crippen molar-refractivity contribution in [2.24, 2.45) is 0 Å². The van der Waals surface area contributed by atoms with E-state index in [1.165, 1.54) is 21.2 Å². The second-order valence-electron chi connectivity index (χ2n) is 4.64. The minimum absolute atomic E-state index is 0.0119. The summed E-state index contributed by atoms with van der Waals surface area (Å²) in [6, 6.07) is 8.81. The standard InChI is InChI=1S/C15H11BrN2O3/c16-11-3-1-10(2-4-11)9-18-8-7-17-6-5-12(19)14(20)13(17)15(18)21/h1-8,20H,9H2. The summed E-state index contributed by atoms with van der Waals surface area (Å²) in [5.41, 5.74) is -0.0337. The number of hydrogen-bond acceptors (Lipinski definition) is 3. The van der Waals surface area contributed by atoms with E-state index in [2.05, 4.69) is 15.9 Å². The van der Waals surface area contributed by atoms with Gasteiger partial charge in [-0.25, -0.2) is 0 Å². The van der Waals surface area contributed by atoms with E-state index in [1.54, 1.807) is 12.4 Å². The van der Waals surface area contributed by atoms with Gasteiger partial charge in [0.05, 0.1) is 6.54 Å². The Morgan fingerprint density at radius 2 is 1.71 bits per heavy atom. The lowest BCUT2D eigenvalue weighted by Gasteiger charge is -2.09. The highest BCUT2D eigenvalue weighted by molar-refractivity contribution is 9.10. The Kier molecular flexibility index (Phi) is 3.39. The molecule has 0 aliphatic carbocycles. The SMILES string of the molecule is O=c1ccn2ccn(Cc3ccc(Br)cc3)c(=O)c2c1O. The van der Waals surface area contributed by atoms with Gasteiger partial charge in [-0.2, -0.15) is 0 Å². The van der Waals surface area contributed by atoms with Crippen LogP contribution >= 0.6 is 15.9 Å². The topological polar surface area (TPSA) is 63.7 Å². The minimum atomic E-state index is -0.562. The first-order chi connectivity index (χ1) is 10.1. The predicted octanol–water partition coefficient (Wildman–Crippen LogP) is 1.98. The van der Waals surface area contributed by atoms with Crippen molar-refractivity contribution in [1.29, 1.82) is 0 Å². The van der Waals surface area contributed by atoms with Crippen LogP contribution in [-0.4, -0.2) is 14.1 Å². The van der Waals surface area contributed by atoms with E-state index < -0.39 is 16.7 Å². The normalized spacial score (nSPS) is 10.9. The first-order valence-corrected chi connectivity index (χ1v) is 7.03. The number of pyridine rings is 1. The number of rotatable bonds is 2. The number of nitrogens with zero attached hydrogens (tertiary/aromatic N) is 2. The monoisotopic (exact) mass is 346 g/mol. The average Bonchev–Trinajstić information content (AvgIpc) is 2.48. The van der Waals surface area contributed by atoms with Gasteiger partial charge in [-0.3, -0.25) is 9.59 Å². The summed E-state index contributed by atoms with van der Waals surface area (Å²) in [4.78, 5) is 23.9. The van der Waals surface area contributed by atoms with Gasteiger partial charge in [0, 0.05) is 29.1 Å². The van der Waals surface area contributed by atoms with Crippen molar-refractivity contribution in [3.63, 3.8) is 0 Å². The number of benzene rings is 1. The molecule has 0 radical (unpaired) electrons. The van der Waals surface area contributed by atoms with E-state index in [-0.39, 0.29) is 5.52 Å². The predicted molar refractivity (Wildman–Crippen MR) is 82.8 cm³/mol. The quantitative estimate of drug-likeness (QED) is 0.771. The highest BCUT2D eigenvalue weighted by atomic mass is 79.9. The maximum absolute atomic E-state index is 12.4. The molecule has 0 aliphatic heterocycles. The number of aromatic hydroxyl groups is 1. The fourth-order valence-electron chi connectivity index (χ4n) is 2.14. The van der Waals surface area contributed by atoms with Gasteiger partial charge in [-0.15, -0.1) is 0 Å². The number of halogens is 1. The number of hydrogen-bond donors (Lipinski definition) is 1. The molecule has 0 atom stereocenters. The summed E-state index contributed by atoms with van der Waals surface area (Å²) in [6.45, 7) is 0.366. The van der Waals surface area contributed by atoms with Gasteiger partial charge in [-0.1, -0.05) is 28.1 Å². The fraction of sp³-hybridized carbons (Fsp3) is 0.0667. The summed E-state index contributed by atoms with van der Waals surface area (Å²) >= 11 is 3.36. The van der Waals surface area contributed by atoms with Gasteiger partial charge in [0.15, 0.2) is 11.3 Å². The van der Waals surface area contributed by atoms with E-state index in [0.717, 1.165) is 10.0 Å². The number of fused-ring (bicyclic) bond motifs is 1. The second-order valence-corrected chi connectivity index (χ2v) is 5.56. The maximum Gasteiger partial charge on any atom is 0.279 e. The first kappa shape index (κ1) is 13.6. The molecule has 21 heavy (non-hydrogen) atoms. The van der Waals surface area contributed by atoms with Crippen molar-refractivity contribution in [3.05, 3.63) is 79.5 Å². The smallest absolute Gasteiger partial charge is 0.279 e. The van der Waals surface area contributed by atoms with Gasteiger partial charge in [-0.05, 0) is 17.7 Å². The van der Waals surface area contributed by atoms with Crippen LogP contribution in [0.1, 0.15) is 5.56 Å². The van der Waals surface area contributed by atoms with Crippen LogP contribution in [0.15, 0.2) is 63.0 Å². The maximum atomic E-state index is 12.4. The highest BCUT2D eigenvalue weighted by Gasteiger charge is 2.10. The zero-order valence-electron chi connectivity index (χ0n) is 10.9. The van der Waals surface area contributed by atoms with Crippen molar-refractivity contribution >= 4 is 21.4 Å². The van der Waals surface area contributed by atoms with Gasteiger partial charge in [0.25, 0.3) is 5.56 Å². The van der Waals surface area contributed by atoms with E-state index >= 15 is 0 Å². The molecule has 0 unspecified atom stereocenters. The zero-order valence-corrected chi connectivity index (χ0v) is 12.4. The van der Waals surface area contributed by atoms with Gasteiger partial charge < -0.3 is 14.1 Å². The molecule has 3 rings (SSSR count). The first-order valence-electron chi connectivity index (χ1n) is 6.24. The molecular formula is C15H11BrN2O3. The van der Waals surface area contributed by atoms with E-state index in [4.69, 9.17) is 0 Å². The fourth-order valence-corrected chi connectivity index (χ4v) is 2.41. The van der Waals surface area contributed by atoms with Crippen LogP contribution in [0.2, 0.25) is 0 Å². The molecule has 0 spiro atoms. The lowest BCUT2D eigenvalue weighted by Crippen LogP contribution is -2.23. The molecule has 0 aliphatic rings. The minimum Gasteiger partial charge on any atom is -0.503 e. The van der Waals surface area contributed by atoms with Gasteiger partial charge in [0.2, 0.25) is 5.43 Å². The van der Waals surface area contributed by atoms with Crippen LogP contribution in [0.3, 0.4) is 0 Å². The van der Waals surface area contributed by atoms with Crippen LogP contribution in [0.5, 0.6) is 5.75 Å². The molecule has 6 heteroatoms. The molecule has 5 nitrogen and oxygen atoms in total. The molecular weight excluding hydrogens is 336 g/mol. The molecule has 106 valence electrons. The molecule has 0 bridgehead atoms. The van der Waals surface area contributed by atoms with Gasteiger partial charge >= 0.3 is 0 Å². The lowest BCUT2D eigenvalue weighted by molar-refractivity contribution is 0.472. The Morgan fingerprint density at radius 1 is 1.00 bits per heavy atom. The summed E-state index contributed by atoms with van der Waals surface area (Å²) in [5, 5.41) is 9.81. The summed E-state index contributed by atoms with van der Waals surface area (Å²) in [7, 11) is 0. The summed E-state index contributed by atoms with van der Waals surface area (Å²) < 4.78 is 3.86. The molecule has 0 fully saturated rings. The molecule has 0 saturated heterocycles. The van der Waals surface area contributed by atoms with Crippen molar-refractivity contribution in [2.75, 3.05) is 0 Å². The molecule has 1 aromatic carbocycles. The Balaban J connectivity index is 2.14. The van der Waals surface area contributed by atoms with Crippen molar-refractivity contribution in [1.82, 2.24) is 8.97 Å². The molecule has 0 saturated carbocycles. The Morgan fingerprint density at radius 3 is 2.43 bits per heavy atom. The van der Waals surface area contributed by atoms with Crippen LogP contribution in [0.25, 0.3) is 5.52 Å². The molecule has 0 amide bonds. The Labute approximate surface area is 127 Å². The Hall–Kier alpha value is -2.34. The molecule has 1 N–H and O–H groups in total. The van der Waals surface area contributed by atoms with Crippen molar-refractivity contribution in [2.45, 2.75) is 6.54 Å². The lowest BCUT2D eigenvalue weighted by atomic mass is 10.2. The van der Waals surface area contributed by atoms with E-state index in [1.807, 2.05) is 24.3 Å². The van der Waals surface area contributed by atoms with E-state index in [0.29, 0.717) is 6.54 Å². The summed E-state index contributed by atoms with van der Waals surface area (Å²) in [5.74, 6) is -0.521. The molecule has 2 aromatic heterocycles. The van der Waals surface area contributed by atoms with E-state index in [9.17, 15) is 14.7 Å². The highest BCUT2D eigenvalue weighted by Crippen LogP contribution is 2.12. The largest absolute Gasteiger partial charge is 0.503 e. The van der Waals surface area contributed by atoms with Crippen LogP contribution < -0.4 is 11.0 Å². The Bertz CT molecular complexity index is 926. The number of aromatic nitrogens is 2. The third-order valence-corrected chi connectivity index (χ3v) is 3.77. The zero-order chi connectivity index (χ0) is 15.0. The van der Waals surface area contributed by atoms with Crippen LogP contribution in [-0.2, 0) is 6.54 Å². The van der Waals surface area contributed by atoms with Crippen LogP contribution in [0.4, 0.5) is 0 Å². The molecule has 2 heterocycles.